The highest BCUT2D eigenvalue weighted by Crippen LogP contribution is 2.31. The number of hydrogen-bond donors (Lipinski definition) is 3. The average molecular weight is 272 g/mol. The number of fused-ring (bicyclic) bond motifs is 2. The molecule has 6 heteroatoms. The van der Waals surface area contributed by atoms with Gasteiger partial charge in [0.2, 0.25) is 0 Å². The molecule has 1 aliphatic carbocycles. The molecule has 5 unspecified atom stereocenters. The molecule has 3 fully saturated rings. The second-order valence-corrected chi connectivity index (χ2v) is 5.72. The van der Waals surface area contributed by atoms with Gasteiger partial charge in [0.1, 0.15) is 6.10 Å². The summed E-state index contributed by atoms with van der Waals surface area (Å²) in [7, 11) is 1.66. The van der Waals surface area contributed by atoms with Gasteiger partial charge < -0.3 is 30.0 Å². The molecule has 3 rings (SSSR count). The second kappa shape index (κ2) is 6.03. The van der Waals surface area contributed by atoms with Crippen LogP contribution in [0.5, 0.6) is 0 Å². The van der Waals surface area contributed by atoms with Gasteiger partial charge >= 0.3 is 0 Å². The molecule has 5 atom stereocenters. The van der Waals surface area contributed by atoms with E-state index in [1.165, 1.54) is 12.8 Å². The smallest absolute Gasteiger partial charge is 0.176 e. The quantitative estimate of drug-likeness (QED) is 0.520. The molecule has 3 aliphatic rings. The van der Waals surface area contributed by atoms with Gasteiger partial charge in [0.15, 0.2) is 6.29 Å². The molecular formula is C13H24N2O4. The molecular weight excluding hydrogens is 248 g/mol. The summed E-state index contributed by atoms with van der Waals surface area (Å²) in [6, 6.07) is -0.231. The van der Waals surface area contributed by atoms with E-state index < -0.39 is 6.10 Å². The predicted octanol–water partition coefficient (Wildman–Crippen LogP) is -0.925. The maximum Gasteiger partial charge on any atom is 0.176 e. The van der Waals surface area contributed by atoms with Crippen LogP contribution in [0, 0.1) is 5.92 Å². The van der Waals surface area contributed by atoms with Crippen molar-refractivity contribution < 1.29 is 19.3 Å². The SMILES string of the molecule is COCCNC1C2OCC(O2)C(NCC2CC2)C1O. The fourth-order valence-electron chi connectivity index (χ4n) is 2.84. The molecule has 0 spiro atoms. The van der Waals surface area contributed by atoms with Gasteiger partial charge in [-0.05, 0) is 25.3 Å². The van der Waals surface area contributed by atoms with Crippen molar-refractivity contribution in [2.24, 2.45) is 5.92 Å². The van der Waals surface area contributed by atoms with Gasteiger partial charge in [-0.15, -0.1) is 0 Å². The Hall–Kier alpha value is -0.240. The molecule has 0 aromatic rings. The number of aliphatic hydroxyl groups is 1. The summed E-state index contributed by atoms with van der Waals surface area (Å²) in [6.07, 6.45) is 1.75. The molecule has 0 aromatic heterocycles. The molecule has 0 amide bonds. The van der Waals surface area contributed by atoms with Crippen LogP contribution < -0.4 is 10.6 Å². The Kier molecular flexibility index (Phi) is 4.36. The Morgan fingerprint density at radius 3 is 2.84 bits per heavy atom. The summed E-state index contributed by atoms with van der Waals surface area (Å²) >= 11 is 0. The van der Waals surface area contributed by atoms with Crippen molar-refractivity contribution in [3.05, 3.63) is 0 Å². The molecule has 0 radical (unpaired) electrons. The lowest BCUT2D eigenvalue weighted by Gasteiger charge is -2.39. The van der Waals surface area contributed by atoms with Crippen molar-refractivity contribution in [3.8, 4) is 0 Å². The van der Waals surface area contributed by atoms with Crippen LogP contribution in [0.4, 0.5) is 0 Å². The van der Waals surface area contributed by atoms with E-state index in [0.717, 1.165) is 12.5 Å². The molecule has 6 nitrogen and oxygen atoms in total. The summed E-state index contributed by atoms with van der Waals surface area (Å²) in [5, 5.41) is 17.2. The molecule has 2 heterocycles. The third kappa shape index (κ3) is 3.09. The monoisotopic (exact) mass is 272 g/mol. The Balaban J connectivity index is 1.56. The number of methoxy groups -OCH3 is 1. The van der Waals surface area contributed by atoms with Crippen molar-refractivity contribution in [2.45, 2.75) is 43.4 Å². The van der Waals surface area contributed by atoms with Crippen LogP contribution >= 0.6 is 0 Å². The fourth-order valence-corrected chi connectivity index (χ4v) is 2.84. The van der Waals surface area contributed by atoms with Crippen LogP contribution in [0.15, 0.2) is 0 Å². The van der Waals surface area contributed by atoms with E-state index in [1.54, 1.807) is 7.11 Å². The number of nitrogens with one attached hydrogen (secondary N) is 2. The zero-order valence-electron chi connectivity index (χ0n) is 11.4. The average Bonchev–Trinajstić information content (AvgIpc) is 3.13. The molecule has 0 aromatic carbocycles. The summed E-state index contributed by atoms with van der Waals surface area (Å²) in [5.74, 6) is 0.784. The van der Waals surface area contributed by atoms with Crippen molar-refractivity contribution in [1.29, 1.82) is 0 Å². The minimum Gasteiger partial charge on any atom is -0.390 e. The lowest BCUT2D eigenvalue weighted by Crippen LogP contribution is -2.64. The van der Waals surface area contributed by atoms with Crippen LogP contribution in [0.1, 0.15) is 12.8 Å². The second-order valence-electron chi connectivity index (χ2n) is 5.72. The van der Waals surface area contributed by atoms with Crippen molar-refractivity contribution in [3.63, 3.8) is 0 Å². The first-order valence-electron chi connectivity index (χ1n) is 7.20. The highest BCUT2D eigenvalue weighted by Gasteiger charge is 2.49. The third-order valence-corrected chi connectivity index (χ3v) is 4.19. The Labute approximate surface area is 113 Å². The van der Waals surface area contributed by atoms with Crippen LogP contribution in [0.3, 0.4) is 0 Å². The maximum absolute atomic E-state index is 10.5. The first-order valence-corrected chi connectivity index (χ1v) is 7.20. The molecule has 3 N–H and O–H groups in total. The standard InChI is InChI=1S/C13H24N2O4/c1-17-5-4-14-11-12(16)10(15-6-8-2-3-8)9-7-18-13(11)19-9/h8-16H,2-7H2,1H3. The van der Waals surface area contributed by atoms with Gasteiger partial charge in [-0.2, -0.15) is 0 Å². The molecule has 2 aliphatic heterocycles. The van der Waals surface area contributed by atoms with E-state index in [9.17, 15) is 5.11 Å². The van der Waals surface area contributed by atoms with Crippen LogP contribution in [0.25, 0.3) is 0 Å². The van der Waals surface area contributed by atoms with Crippen LogP contribution in [0.2, 0.25) is 0 Å². The molecule has 110 valence electrons. The number of aliphatic hydroxyl groups excluding tert-OH is 1. The van der Waals surface area contributed by atoms with Crippen molar-refractivity contribution >= 4 is 0 Å². The lowest BCUT2D eigenvalue weighted by molar-refractivity contribution is -0.153. The summed E-state index contributed by atoms with van der Waals surface area (Å²) < 4.78 is 16.5. The third-order valence-electron chi connectivity index (χ3n) is 4.19. The highest BCUT2D eigenvalue weighted by atomic mass is 16.7. The summed E-state index contributed by atoms with van der Waals surface area (Å²) in [4.78, 5) is 0. The van der Waals surface area contributed by atoms with E-state index in [-0.39, 0.29) is 24.5 Å². The number of hydrogen-bond acceptors (Lipinski definition) is 6. The Bertz CT molecular complexity index is 300. The van der Waals surface area contributed by atoms with Gasteiger partial charge in [0, 0.05) is 13.7 Å². The van der Waals surface area contributed by atoms with Gasteiger partial charge in [0.05, 0.1) is 31.4 Å². The number of ether oxygens (including phenoxy) is 3. The topological polar surface area (TPSA) is 72.0 Å². The summed E-state index contributed by atoms with van der Waals surface area (Å²) in [5.41, 5.74) is 0. The van der Waals surface area contributed by atoms with Crippen LogP contribution in [-0.4, -0.2) is 69.1 Å². The van der Waals surface area contributed by atoms with E-state index in [1.807, 2.05) is 0 Å². The van der Waals surface area contributed by atoms with Crippen LogP contribution in [-0.2, 0) is 14.2 Å². The van der Waals surface area contributed by atoms with Gasteiger partial charge in [0.25, 0.3) is 0 Å². The van der Waals surface area contributed by atoms with Gasteiger partial charge in [-0.25, -0.2) is 0 Å². The minimum absolute atomic E-state index is 0.0285. The minimum atomic E-state index is -0.484. The van der Waals surface area contributed by atoms with E-state index in [2.05, 4.69) is 10.6 Å². The van der Waals surface area contributed by atoms with Crippen molar-refractivity contribution in [2.75, 3.05) is 33.4 Å². The Morgan fingerprint density at radius 1 is 1.26 bits per heavy atom. The zero-order valence-corrected chi connectivity index (χ0v) is 11.4. The zero-order chi connectivity index (χ0) is 13.2. The molecule has 2 saturated heterocycles. The molecule has 19 heavy (non-hydrogen) atoms. The normalized spacial score (nSPS) is 41.7. The first kappa shape index (κ1) is 13.7. The van der Waals surface area contributed by atoms with E-state index in [0.29, 0.717) is 19.8 Å². The van der Waals surface area contributed by atoms with Gasteiger partial charge in [-0.3, -0.25) is 0 Å². The molecule has 2 bridgehead atoms. The molecule has 1 saturated carbocycles. The fraction of sp³-hybridized carbons (Fsp3) is 1.00. The summed E-state index contributed by atoms with van der Waals surface area (Å²) in [6.45, 7) is 2.82. The van der Waals surface area contributed by atoms with Gasteiger partial charge in [-0.1, -0.05) is 0 Å². The first-order chi connectivity index (χ1) is 9.29. The van der Waals surface area contributed by atoms with Crippen molar-refractivity contribution in [1.82, 2.24) is 10.6 Å². The van der Waals surface area contributed by atoms with E-state index >= 15 is 0 Å². The predicted molar refractivity (Wildman–Crippen MR) is 68.8 cm³/mol. The van der Waals surface area contributed by atoms with E-state index in [4.69, 9.17) is 14.2 Å². The lowest BCUT2D eigenvalue weighted by atomic mass is 9.96. The Morgan fingerprint density at radius 2 is 2.11 bits per heavy atom. The number of rotatable bonds is 7. The highest BCUT2D eigenvalue weighted by molar-refractivity contribution is 5.01. The maximum atomic E-state index is 10.5. The largest absolute Gasteiger partial charge is 0.390 e.